The zero-order valence-corrected chi connectivity index (χ0v) is 13.2. The van der Waals surface area contributed by atoms with Crippen molar-refractivity contribution in [2.24, 2.45) is 0 Å². The summed E-state index contributed by atoms with van der Waals surface area (Å²) in [5, 5.41) is 6.88. The zero-order valence-electron chi connectivity index (χ0n) is 12.0. The Hall–Kier alpha value is -2.04. The van der Waals surface area contributed by atoms with Crippen LogP contribution in [0.25, 0.3) is 16.9 Å². The molecular formula is C15H16FN4OP. The van der Waals surface area contributed by atoms with Gasteiger partial charge in [0.2, 0.25) is 5.95 Å². The summed E-state index contributed by atoms with van der Waals surface area (Å²) in [5.74, 6) is 0.245. The van der Waals surface area contributed by atoms with E-state index in [1.165, 1.54) is 10.6 Å². The predicted octanol–water partition coefficient (Wildman–Crippen LogP) is 2.68. The van der Waals surface area contributed by atoms with Crippen LogP contribution in [-0.4, -0.2) is 27.2 Å². The maximum Gasteiger partial charge on any atom is 0.231 e. The Kier molecular flexibility index (Phi) is 4.32. The predicted molar refractivity (Wildman–Crippen MR) is 86.2 cm³/mol. The van der Waals surface area contributed by atoms with Gasteiger partial charge in [-0.3, -0.25) is 5.09 Å². The molecule has 3 rings (SSSR count). The highest BCUT2D eigenvalue weighted by atomic mass is 31.0. The number of hydrogen-bond acceptors (Lipinski definition) is 4. The largest absolute Gasteiger partial charge is 0.492 e. The first-order chi connectivity index (χ1) is 10.7. The molecule has 0 aliphatic carbocycles. The third-order valence-electron chi connectivity index (χ3n) is 3.26. The monoisotopic (exact) mass is 318 g/mol. The second kappa shape index (κ2) is 6.38. The second-order valence-electron chi connectivity index (χ2n) is 4.97. The third-order valence-corrected chi connectivity index (χ3v) is 3.83. The lowest BCUT2D eigenvalue weighted by Crippen LogP contribution is -2.23. The van der Waals surface area contributed by atoms with E-state index in [2.05, 4.69) is 24.6 Å². The van der Waals surface area contributed by atoms with Gasteiger partial charge < -0.3 is 4.74 Å². The quantitative estimate of drug-likeness (QED) is 0.735. The highest BCUT2D eigenvalue weighted by Crippen LogP contribution is 2.23. The summed E-state index contributed by atoms with van der Waals surface area (Å²) >= 11 is 0. The van der Waals surface area contributed by atoms with Crippen LogP contribution in [0.3, 0.4) is 0 Å². The van der Waals surface area contributed by atoms with E-state index in [1.807, 2.05) is 31.2 Å². The van der Waals surface area contributed by atoms with Gasteiger partial charge >= 0.3 is 0 Å². The number of fused-ring (bicyclic) bond motifs is 1. The van der Waals surface area contributed by atoms with E-state index < -0.39 is 5.95 Å². The second-order valence-corrected chi connectivity index (χ2v) is 5.31. The molecule has 1 N–H and O–H groups in total. The Labute approximate surface area is 129 Å². The molecule has 3 aromatic rings. The van der Waals surface area contributed by atoms with E-state index in [4.69, 9.17) is 4.74 Å². The van der Waals surface area contributed by atoms with Crippen LogP contribution in [0.4, 0.5) is 4.39 Å². The van der Waals surface area contributed by atoms with Gasteiger partial charge in [-0.1, -0.05) is 9.39 Å². The summed E-state index contributed by atoms with van der Waals surface area (Å²) < 4.78 is 20.5. The lowest BCUT2D eigenvalue weighted by molar-refractivity contribution is 0.290. The number of imidazole rings is 1. The van der Waals surface area contributed by atoms with Crippen molar-refractivity contribution < 1.29 is 9.13 Å². The summed E-state index contributed by atoms with van der Waals surface area (Å²) in [6.45, 7) is 2.60. The van der Waals surface area contributed by atoms with Gasteiger partial charge in [0.25, 0.3) is 0 Å². The Morgan fingerprint density at radius 2 is 2.05 bits per heavy atom. The SMILES string of the molecule is C[C@H](COc1ccc(-c2cnc3ccc(F)nn23)cc1)NP. The van der Waals surface area contributed by atoms with Crippen molar-refractivity contribution in [1.82, 2.24) is 19.7 Å². The highest BCUT2D eigenvalue weighted by Gasteiger charge is 2.08. The average molecular weight is 318 g/mol. The van der Waals surface area contributed by atoms with Gasteiger partial charge in [-0.15, -0.1) is 5.10 Å². The molecule has 1 aromatic carbocycles. The minimum atomic E-state index is -0.536. The summed E-state index contributed by atoms with van der Waals surface area (Å²) in [6.07, 6.45) is 1.68. The third kappa shape index (κ3) is 3.08. The van der Waals surface area contributed by atoms with E-state index in [1.54, 1.807) is 12.3 Å². The van der Waals surface area contributed by atoms with Gasteiger partial charge in [0.1, 0.15) is 12.4 Å². The molecule has 0 aliphatic rings. The highest BCUT2D eigenvalue weighted by molar-refractivity contribution is 7.13. The van der Waals surface area contributed by atoms with Gasteiger partial charge in [-0.05, 0) is 43.3 Å². The minimum absolute atomic E-state index is 0.246. The summed E-state index contributed by atoms with van der Waals surface area (Å²) in [5.41, 5.74) is 2.24. The van der Waals surface area contributed by atoms with E-state index in [-0.39, 0.29) is 6.04 Å². The fourth-order valence-electron chi connectivity index (χ4n) is 2.04. The van der Waals surface area contributed by atoms with Crippen LogP contribution in [0.5, 0.6) is 5.75 Å². The first-order valence-corrected chi connectivity index (χ1v) is 7.45. The molecule has 2 heterocycles. The number of benzene rings is 1. The fourth-order valence-corrected chi connectivity index (χ4v) is 2.14. The van der Waals surface area contributed by atoms with Gasteiger partial charge in [0.05, 0.1) is 11.9 Å². The van der Waals surface area contributed by atoms with Crippen molar-refractivity contribution >= 4 is 15.0 Å². The van der Waals surface area contributed by atoms with Crippen LogP contribution in [0.1, 0.15) is 6.92 Å². The van der Waals surface area contributed by atoms with Crippen LogP contribution >= 0.6 is 9.39 Å². The summed E-state index contributed by atoms with van der Waals surface area (Å²) in [4.78, 5) is 4.22. The average Bonchev–Trinajstić information content (AvgIpc) is 2.96. The van der Waals surface area contributed by atoms with E-state index in [0.29, 0.717) is 12.3 Å². The smallest absolute Gasteiger partial charge is 0.231 e. The van der Waals surface area contributed by atoms with E-state index in [0.717, 1.165) is 17.0 Å². The summed E-state index contributed by atoms with van der Waals surface area (Å²) in [7, 11) is 2.47. The van der Waals surface area contributed by atoms with Crippen LogP contribution in [0.15, 0.2) is 42.6 Å². The van der Waals surface area contributed by atoms with Crippen molar-refractivity contribution in [3.8, 4) is 17.0 Å². The number of ether oxygens (including phenoxy) is 1. The Bertz CT molecular complexity index is 775. The molecule has 22 heavy (non-hydrogen) atoms. The molecule has 5 nitrogen and oxygen atoms in total. The lowest BCUT2D eigenvalue weighted by atomic mass is 10.1. The molecule has 0 radical (unpaired) electrons. The molecule has 1 unspecified atom stereocenters. The molecule has 0 saturated carbocycles. The Balaban J connectivity index is 1.84. The topological polar surface area (TPSA) is 51.5 Å². The van der Waals surface area contributed by atoms with Crippen molar-refractivity contribution in [3.63, 3.8) is 0 Å². The van der Waals surface area contributed by atoms with E-state index in [9.17, 15) is 4.39 Å². The molecule has 0 bridgehead atoms. The van der Waals surface area contributed by atoms with E-state index >= 15 is 0 Å². The number of nitrogens with one attached hydrogen (secondary N) is 1. The van der Waals surface area contributed by atoms with Gasteiger partial charge in [0.15, 0.2) is 5.65 Å². The molecule has 2 aromatic heterocycles. The first kappa shape index (κ1) is 14.9. The van der Waals surface area contributed by atoms with Crippen molar-refractivity contribution in [1.29, 1.82) is 0 Å². The maximum absolute atomic E-state index is 13.3. The van der Waals surface area contributed by atoms with Gasteiger partial charge in [-0.2, -0.15) is 4.39 Å². The number of hydrogen-bond donors (Lipinski definition) is 1. The maximum atomic E-state index is 13.3. The molecule has 0 amide bonds. The van der Waals surface area contributed by atoms with Crippen molar-refractivity contribution in [2.45, 2.75) is 13.0 Å². The molecule has 0 saturated heterocycles. The van der Waals surface area contributed by atoms with Crippen LogP contribution in [0.2, 0.25) is 0 Å². The van der Waals surface area contributed by atoms with Crippen molar-refractivity contribution in [2.75, 3.05) is 6.61 Å². The van der Waals surface area contributed by atoms with Crippen LogP contribution < -0.4 is 9.82 Å². The molecular weight excluding hydrogens is 302 g/mol. The molecule has 0 spiro atoms. The van der Waals surface area contributed by atoms with Gasteiger partial charge in [-0.25, -0.2) is 9.50 Å². The zero-order chi connectivity index (χ0) is 15.5. The number of rotatable bonds is 5. The number of halogens is 1. The molecule has 7 heteroatoms. The number of nitrogens with zero attached hydrogens (tertiary/aromatic N) is 3. The van der Waals surface area contributed by atoms with Crippen molar-refractivity contribution in [3.05, 3.63) is 48.5 Å². The standard InChI is InChI=1S/C15H16FN4OP/c1-10(19-22)9-21-12-4-2-11(3-5-12)13-8-17-15-7-6-14(16)18-20(13)15/h2-8,10,19H,9,22H2,1H3/t10-/m1/s1. The molecule has 0 fully saturated rings. The fraction of sp³-hybridized carbons (Fsp3) is 0.200. The van der Waals surface area contributed by atoms with Gasteiger partial charge in [0, 0.05) is 11.6 Å². The molecule has 114 valence electrons. The summed E-state index contributed by atoms with van der Waals surface area (Å²) in [6, 6.07) is 10.7. The van der Waals surface area contributed by atoms with Crippen LogP contribution in [0, 0.1) is 5.95 Å². The van der Waals surface area contributed by atoms with Crippen LogP contribution in [-0.2, 0) is 0 Å². The first-order valence-electron chi connectivity index (χ1n) is 6.87. The molecule has 0 aliphatic heterocycles. The Morgan fingerprint density at radius 1 is 1.27 bits per heavy atom. The minimum Gasteiger partial charge on any atom is -0.492 e. The normalized spacial score (nSPS) is 12.5. The number of aromatic nitrogens is 3. The molecule has 2 atom stereocenters. The lowest BCUT2D eigenvalue weighted by Gasteiger charge is -2.12. The Morgan fingerprint density at radius 3 is 2.77 bits per heavy atom.